The van der Waals surface area contributed by atoms with Crippen LogP contribution >= 0.6 is 0 Å². The van der Waals surface area contributed by atoms with Crippen LogP contribution in [0.3, 0.4) is 0 Å². The second kappa shape index (κ2) is 6.80. The Morgan fingerprint density at radius 2 is 1.12 bits per heavy atom. The van der Waals surface area contributed by atoms with E-state index in [4.69, 9.17) is 21.9 Å². The van der Waals surface area contributed by atoms with Crippen LogP contribution < -0.4 is 0 Å². The van der Waals surface area contributed by atoms with Crippen LogP contribution in [-0.2, 0) is 6.42 Å². The van der Waals surface area contributed by atoms with E-state index in [9.17, 15) is 4.11 Å². The lowest BCUT2D eigenvalue weighted by atomic mass is 9.88. The monoisotopic (exact) mass is 425 g/mol. The normalized spacial score (nSPS) is 23.4. The van der Waals surface area contributed by atoms with Gasteiger partial charge in [0, 0.05) is 5.92 Å². The Balaban J connectivity index is 1.65. The van der Waals surface area contributed by atoms with E-state index in [2.05, 4.69) is 0 Å². The molecule has 0 radical (unpaired) electrons. The molecule has 0 aromatic heterocycles. The Bertz CT molecular complexity index is 2470. The van der Waals surface area contributed by atoms with Gasteiger partial charge in [0.15, 0.2) is 0 Å². The first kappa shape index (κ1) is 7.32. The van der Waals surface area contributed by atoms with Gasteiger partial charge >= 0.3 is 0 Å². The van der Waals surface area contributed by atoms with Crippen molar-refractivity contribution in [3.63, 3.8) is 0 Å². The molecule has 0 fully saturated rings. The van der Waals surface area contributed by atoms with E-state index < -0.39 is 131 Å². The number of benzene rings is 5. The molecule has 2 aliphatic carbocycles. The molecule has 0 nitrogen and oxygen atoms in total. The van der Waals surface area contributed by atoms with Crippen LogP contribution in [-0.4, -0.2) is 0 Å². The first-order valence-electron chi connectivity index (χ1n) is 19.3. The molecule has 1 unspecified atom stereocenters. The van der Waals surface area contributed by atoms with Crippen molar-refractivity contribution in [2.45, 2.75) is 12.3 Å². The largest absolute Gasteiger partial charge is 0.0636 e. The van der Waals surface area contributed by atoms with Crippen molar-refractivity contribution in [2.24, 2.45) is 0 Å². The van der Waals surface area contributed by atoms with Crippen LogP contribution in [0.4, 0.5) is 0 Å². The first-order valence-corrected chi connectivity index (χ1v) is 9.82. The third kappa shape index (κ3) is 2.56. The number of hydrogen-bond donors (Lipinski definition) is 0. The Morgan fingerprint density at radius 1 is 0.500 bits per heavy atom. The molecule has 1 atom stereocenters. The second-order valence-corrected chi connectivity index (χ2v) is 7.43. The molecule has 7 rings (SSSR count). The minimum Gasteiger partial charge on any atom is -0.0622 e. The zero-order chi connectivity index (χ0) is 37.6. The summed E-state index contributed by atoms with van der Waals surface area (Å²) >= 11 is 0. The third-order valence-corrected chi connectivity index (χ3v) is 5.70. The molecule has 150 valence electrons. The average molecular weight is 426 g/mol. The highest BCUT2D eigenvalue weighted by Gasteiger charge is 2.29. The predicted octanol–water partition coefficient (Wildman–Crippen LogP) is 8.09. The van der Waals surface area contributed by atoms with Crippen LogP contribution in [0, 0.1) is 0 Å². The lowest BCUT2D eigenvalue weighted by molar-refractivity contribution is 1.02. The molecule has 32 heavy (non-hydrogen) atoms. The third-order valence-electron chi connectivity index (χ3n) is 5.70. The summed E-state index contributed by atoms with van der Waals surface area (Å²) in [4.78, 5) is 0. The van der Waals surface area contributed by atoms with Gasteiger partial charge in [0.1, 0.15) is 0 Å². The topological polar surface area (TPSA) is 0 Å². The van der Waals surface area contributed by atoms with Crippen LogP contribution in [0.1, 0.15) is 59.8 Å². The van der Waals surface area contributed by atoms with Crippen molar-refractivity contribution in [3.8, 4) is 33.4 Å². The maximum atomic E-state index is 9.44. The lowest BCUT2D eigenvalue weighted by Gasteiger charge is -2.14. The van der Waals surface area contributed by atoms with Gasteiger partial charge in [-0.1, -0.05) is 103 Å². The molecule has 5 aromatic carbocycles. The smallest absolute Gasteiger partial charge is 0.0622 e. The van der Waals surface area contributed by atoms with E-state index in [1.54, 1.807) is 0 Å². The lowest BCUT2D eigenvalue weighted by Crippen LogP contribution is -1.98. The summed E-state index contributed by atoms with van der Waals surface area (Å²) in [6.45, 7) is 0. The van der Waals surface area contributed by atoms with Crippen molar-refractivity contribution in [2.75, 3.05) is 0 Å². The summed E-state index contributed by atoms with van der Waals surface area (Å²) in [6.07, 6.45) is -0.184. The first-order chi connectivity index (χ1) is 23.8. The van der Waals surface area contributed by atoms with Gasteiger partial charge < -0.3 is 0 Å². The van der Waals surface area contributed by atoms with Crippen molar-refractivity contribution < 1.29 is 26.0 Å². The Hall–Kier alpha value is -3.90. The molecule has 0 heteroatoms. The van der Waals surface area contributed by atoms with E-state index in [0.29, 0.717) is 0 Å². The summed E-state index contributed by atoms with van der Waals surface area (Å²) in [5, 5.41) is 0. The molecule has 0 amide bonds. The number of hydrogen-bond acceptors (Lipinski definition) is 0. The van der Waals surface area contributed by atoms with E-state index in [-0.39, 0.29) is 57.0 Å². The van der Waals surface area contributed by atoms with Gasteiger partial charge in [0.05, 0.1) is 26.0 Å². The summed E-state index contributed by atoms with van der Waals surface area (Å²) in [5.41, 5.74) is -2.70. The van der Waals surface area contributed by atoms with Gasteiger partial charge in [0.25, 0.3) is 0 Å². The molecular weight excluding hydrogens is 384 g/mol. The molecule has 2 aliphatic rings. The standard InChI is InChI=1S/C32H22/c1-2-8-21(9-3-1)32-28-13-7-6-12-27(28)31-20-23(16-17-29(31)32)22-14-15-25-18-24-10-4-5-11-26(24)30(25)19-22/h1-17,19-20,32H,18H2/i1D,2D,3D,4D,5D,6D,7D,8D,9D,10D,11D,12D,13D,14D,15D,16D,17D,19D,20D. The zero-order valence-corrected chi connectivity index (χ0v) is 16.3. The van der Waals surface area contributed by atoms with Crippen LogP contribution in [0.5, 0.6) is 0 Å². The highest BCUT2D eigenvalue weighted by atomic mass is 14.3. The predicted molar refractivity (Wildman–Crippen MR) is 133 cm³/mol. The Morgan fingerprint density at radius 3 is 2.00 bits per heavy atom. The van der Waals surface area contributed by atoms with Crippen LogP contribution in [0.2, 0.25) is 0 Å². The average Bonchev–Trinajstić information content (AvgIpc) is 3.68. The molecular formula is C32H22. The maximum absolute atomic E-state index is 9.44. The van der Waals surface area contributed by atoms with E-state index >= 15 is 0 Å². The minimum atomic E-state index is -1.62. The van der Waals surface area contributed by atoms with Gasteiger partial charge in [-0.25, -0.2) is 0 Å². The zero-order valence-electron chi connectivity index (χ0n) is 35.3. The van der Waals surface area contributed by atoms with E-state index in [0.717, 1.165) is 0 Å². The summed E-state index contributed by atoms with van der Waals surface area (Å²) in [5.74, 6) is -1.62. The molecule has 0 bridgehead atoms. The van der Waals surface area contributed by atoms with E-state index in [1.807, 2.05) is 0 Å². The summed E-state index contributed by atoms with van der Waals surface area (Å²) < 4.78 is 165. The highest BCUT2D eigenvalue weighted by molar-refractivity contribution is 5.86. The molecule has 0 saturated carbocycles. The van der Waals surface area contributed by atoms with Gasteiger partial charge in [-0.3, -0.25) is 0 Å². The molecule has 5 aromatic rings. The van der Waals surface area contributed by atoms with Gasteiger partial charge in [-0.05, 0) is 79.7 Å². The van der Waals surface area contributed by atoms with Crippen molar-refractivity contribution in [1.29, 1.82) is 0 Å². The fourth-order valence-corrected chi connectivity index (χ4v) is 4.29. The Labute approximate surface area is 215 Å². The van der Waals surface area contributed by atoms with Crippen molar-refractivity contribution in [1.82, 2.24) is 0 Å². The van der Waals surface area contributed by atoms with Gasteiger partial charge in [-0.2, -0.15) is 0 Å². The molecule has 0 saturated heterocycles. The summed E-state index contributed by atoms with van der Waals surface area (Å²) in [7, 11) is 0. The van der Waals surface area contributed by atoms with Crippen LogP contribution in [0.25, 0.3) is 33.4 Å². The number of fused-ring (bicyclic) bond motifs is 6. The van der Waals surface area contributed by atoms with Crippen molar-refractivity contribution in [3.05, 3.63) is 143 Å². The molecule has 0 spiro atoms. The SMILES string of the molecule is [2H]c1c([2H])c([2H])c(C2c3c([2H])c([2H])c([2H])c([2H])c3-c3c([2H])c(-c4c([2H])c([2H])c5c(c4[2H])-c4c([2H])c([2H])c([2H])c([2H])c4C5)c([2H])c([2H])c32)c([2H])c1[2H]. The fraction of sp³-hybridized carbons (Fsp3) is 0.0625. The van der Waals surface area contributed by atoms with Crippen molar-refractivity contribution >= 4 is 0 Å². The van der Waals surface area contributed by atoms with E-state index in [1.165, 1.54) is 0 Å². The summed E-state index contributed by atoms with van der Waals surface area (Å²) in [6, 6.07) is -12.3. The number of rotatable bonds is 2. The van der Waals surface area contributed by atoms with Gasteiger partial charge in [0.2, 0.25) is 0 Å². The molecule has 0 heterocycles. The van der Waals surface area contributed by atoms with Crippen LogP contribution in [0.15, 0.2) is 115 Å². The van der Waals surface area contributed by atoms with Gasteiger partial charge in [-0.15, -0.1) is 0 Å². The minimum absolute atomic E-state index is 0.0678. The molecule has 0 N–H and O–H groups in total. The second-order valence-electron chi connectivity index (χ2n) is 7.43. The fourth-order valence-electron chi connectivity index (χ4n) is 4.29. The Kier molecular flexibility index (Phi) is 1.56. The molecule has 0 aliphatic heterocycles. The maximum Gasteiger partial charge on any atom is 0.0636 e. The highest BCUT2D eigenvalue weighted by Crippen LogP contribution is 2.49. The quantitative estimate of drug-likeness (QED) is 0.262.